The van der Waals surface area contributed by atoms with Crippen molar-refractivity contribution >= 4 is 43.2 Å². The fourth-order valence-electron chi connectivity index (χ4n) is 1.68. The third kappa shape index (κ3) is 4.05. The summed E-state index contributed by atoms with van der Waals surface area (Å²) in [5.74, 6) is 0.920. The minimum absolute atomic E-state index is 0.583. The van der Waals surface area contributed by atoms with E-state index in [2.05, 4.69) is 55.5 Å². The van der Waals surface area contributed by atoms with E-state index >= 15 is 0 Å². The van der Waals surface area contributed by atoms with Crippen LogP contribution in [0.15, 0.2) is 38.6 Å². The second-order valence-corrected chi connectivity index (χ2v) is 6.70. The average molecular weight is 405 g/mol. The lowest BCUT2D eigenvalue weighted by molar-refractivity contribution is 0.303. The van der Waals surface area contributed by atoms with Crippen molar-refractivity contribution < 1.29 is 4.74 Å². The number of rotatable bonds is 6. The summed E-state index contributed by atoms with van der Waals surface area (Å²) in [5.41, 5.74) is 1.17. The zero-order valence-corrected chi connectivity index (χ0v) is 14.6. The van der Waals surface area contributed by atoms with E-state index < -0.39 is 0 Å². The topological polar surface area (TPSA) is 21.3 Å². The van der Waals surface area contributed by atoms with Gasteiger partial charge in [-0.3, -0.25) is 0 Å². The maximum absolute atomic E-state index is 5.98. The van der Waals surface area contributed by atoms with Crippen molar-refractivity contribution in [3.8, 4) is 5.75 Å². The number of hydrogen-bond donors (Lipinski definition) is 1. The van der Waals surface area contributed by atoms with Gasteiger partial charge >= 0.3 is 0 Å². The van der Waals surface area contributed by atoms with Gasteiger partial charge in [-0.25, -0.2) is 0 Å². The largest absolute Gasteiger partial charge is 0.487 e. The summed E-state index contributed by atoms with van der Waals surface area (Å²) in [5, 5.41) is 5.39. The molecule has 1 heterocycles. The Morgan fingerprint density at radius 2 is 2.05 bits per heavy atom. The van der Waals surface area contributed by atoms with Gasteiger partial charge in [0.05, 0.1) is 9.35 Å². The first kappa shape index (κ1) is 15.0. The monoisotopic (exact) mass is 403 g/mol. The Balaban J connectivity index is 2.12. The normalized spacial score (nSPS) is 10.7. The Morgan fingerprint density at radius 3 is 2.74 bits per heavy atom. The number of para-hydroxylation sites is 1. The molecule has 1 N–H and O–H groups in total. The molecule has 2 nitrogen and oxygen atoms in total. The van der Waals surface area contributed by atoms with Gasteiger partial charge in [-0.15, -0.1) is 11.3 Å². The number of benzene rings is 1. The lowest BCUT2D eigenvalue weighted by Gasteiger charge is -2.13. The fraction of sp³-hybridized carbons (Fsp3) is 0.286. The van der Waals surface area contributed by atoms with Gasteiger partial charge in [0.15, 0.2) is 0 Å². The van der Waals surface area contributed by atoms with Crippen LogP contribution in [0.4, 0.5) is 0 Å². The van der Waals surface area contributed by atoms with Gasteiger partial charge in [-0.1, -0.05) is 19.1 Å². The molecular weight excluding hydrogens is 390 g/mol. The van der Waals surface area contributed by atoms with Crippen molar-refractivity contribution in [3.63, 3.8) is 0 Å². The number of hydrogen-bond acceptors (Lipinski definition) is 3. The summed E-state index contributed by atoms with van der Waals surface area (Å²) in [6, 6.07) is 8.17. The van der Waals surface area contributed by atoms with Crippen LogP contribution in [-0.2, 0) is 13.2 Å². The minimum Gasteiger partial charge on any atom is -0.487 e. The van der Waals surface area contributed by atoms with Gasteiger partial charge in [0.2, 0.25) is 0 Å². The first-order valence-corrected chi connectivity index (χ1v) is 8.51. The van der Waals surface area contributed by atoms with E-state index in [1.165, 1.54) is 10.4 Å². The third-order valence-electron chi connectivity index (χ3n) is 2.65. The third-order valence-corrected chi connectivity index (χ3v) is 5.18. The fourth-order valence-corrected chi connectivity index (χ4v) is 3.58. The van der Waals surface area contributed by atoms with E-state index in [0.717, 1.165) is 27.8 Å². The van der Waals surface area contributed by atoms with Crippen molar-refractivity contribution in [1.82, 2.24) is 5.32 Å². The molecule has 0 aliphatic rings. The Morgan fingerprint density at radius 1 is 1.21 bits per heavy atom. The molecule has 1 aromatic heterocycles. The van der Waals surface area contributed by atoms with Crippen molar-refractivity contribution in [2.75, 3.05) is 6.54 Å². The van der Waals surface area contributed by atoms with Crippen molar-refractivity contribution in [1.29, 1.82) is 0 Å². The summed E-state index contributed by atoms with van der Waals surface area (Å²) >= 11 is 8.78. The maximum Gasteiger partial charge on any atom is 0.138 e. The zero-order valence-electron chi connectivity index (χ0n) is 10.6. The molecule has 0 radical (unpaired) electrons. The molecule has 0 bridgehead atoms. The van der Waals surface area contributed by atoms with Gasteiger partial charge in [0.25, 0.3) is 0 Å². The van der Waals surface area contributed by atoms with Crippen LogP contribution in [0, 0.1) is 0 Å². The summed E-state index contributed by atoms with van der Waals surface area (Å²) in [4.78, 5) is 1.20. The van der Waals surface area contributed by atoms with E-state index in [0.29, 0.717) is 6.61 Å². The van der Waals surface area contributed by atoms with Gasteiger partial charge in [-0.05, 0) is 55.9 Å². The summed E-state index contributed by atoms with van der Waals surface area (Å²) in [6.07, 6.45) is 0. The molecule has 0 saturated heterocycles. The predicted molar refractivity (Wildman–Crippen MR) is 87.9 cm³/mol. The summed E-state index contributed by atoms with van der Waals surface area (Å²) < 4.78 is 8.09. The quantitative estimate of drug-likeness (QED) is 0.734. The molecule has 2 rings (SSSR count). The van der Waals surface area contributed by atoms with Gasteiger partial charge in [0.1, 0.15) is 12.4 Å². The molecule has 0 spiro atoms. The standard InChI is InChI=1S/C14H15Br2NOS/c1-2-17-8-10-4-3-5-12(16)14(10)18-9-13-11(15)6-7-19-13/h3-7,17H,2,8-9H2,1H3. The van der Waals surface area contributed by atoms with Crippen LogP contribution in [0.3, 0.4) is 0 Å². The zero-order chi connectivity index (χ0) is 13.7. The lowest BCUT2D eigenvalue weighted by atomic mass is 10.2. The van der Waals surface area contributed by atoms with Gasteiger partial charge < -0.3 is 10.1 Å². The number of ether oxygens (including phenoxy) is 1. The second-order valence-electron chi connectivity index (χ2n) is 3.99. The van der Waals surface area contributed by atoms with Crippen molar-refractivity contribution in [2.24, 2.45) is 0 Å². The molecule has 5 heteroatoms. The Hall–Kier alpha value is -0.360. The van der Waals surface area contributed by atoms with Crippen LogP contribution in [0.2, 0.25) is 0 Å². The van der Waals surface area contributed by atoms with Crippen LogP contribution < -0.4 is 10.1 Å². The number of halogens is 2. The highest BCUT2D eigenvalue weighted by Gasteiger charge is 2.09. The molecule has 0 fully saturated rings. The van der Waals surface area contributed by atoms with Crippen LogP contribution in [-0.4, -0.2) is 6.54 Å². The van der Waals surface area contributed by atoms with E-state index in [-0.39, 0.29) is 0 Å². The van der Waals surface area contributed by atoms with Crippen LogP contribution >= 0.6 is 43.2 Å². The molecule has 0 unspecified atom stereocenters. The molecule has 0 aliphatic carbocycles. The Kier molecular flexibility index (Phi) is 5.88. The van der Waals surface area contributed by atoms with Gasteiger partial charge in [-0.2, -0.15) is 0 Å². The first-order chi connectivity index (χ1) is 9.22. The Bertz CT molecular complexity index is 542. The van der Waals surface area contributed by atoms with Crippen LogP contribution in [0.5, 0.6) is 5.75 Å². The van der Waals surface area contributed by atoms with E-state index in [1.54, 1.807) is 11.3 Å². The SMILES string of the molecule is CCNCc1cccc(Br)c1OCc1sccc1Br. The highest BCUT2D eigenvalue weighted by Crippen LogP contribution is 2.31. The van der Waals surface area contributed by atoms with E-state index in [4.69, 9.17) is 4.74 Å². The Labute approximate surface area is 134 Å². The van der Waals surface area contributed by atoms with Crippen molar-refractivity contribution in [3.05, 3.63) is 49.0 Å². The van der Waals surface area contributed by atoms with E-state index in [9.17, 15) is 0 Å². The first-order valence-electron chi connectivity index (χ1n) is 6.05. The average Bonchev–Trinajstić information content (AvgIpc) is 2.81. The van der Waals surface area contributed by atoms with Crippen LogP contribution in [0.25, 0.3) is 0 Å². The molecule has 0 atom stereocenters. The maximum atomic E-state index is 5.98. The molecule has 1 aromatic carbocycles. The molecule has 0 amide bonds. The molecule has 0 aliphatic heterocycles. The number of thiophene rings is 1. The molecule has 19 heavy (non-hydrogen) atoms. The number of nitrogens with one attached hydrogen (secondary N) is 1. The van der Waals surface area contributed by atoms with Gasteiger partial charge in [0, 0.05) is 16.6 Å². The minimum atomic E-state index is 0.583. The highest BCUT2D eigenvalue weighted by molar-refractivity contribution is 9.10. The lowest BCUT2D eigenvalue weighted by Crippen LogP contribution is -2.13. The molecule has 102 valence electrons. The molecular formula is C14H15Br2NOS. The second kappa shape index (κ2) is 7.43. The highest BCUT2D eigenvalue weighted by atomic mass is 79.9. The summed E-state index contributed by atoms with van der Waals surface area (Å²) in [6.45, 7) is 4.45. The van der Waals surface area contributed by atoms with Crippen LogP contribution in [0.1, 0.15) is 17.4 Å². The molecule has 2 aromatic rings. The smallest absolute Gasteiger partial charge is 0.138 e. The van der Waals surface area contributed by atoms with Crippen molar-refractivity contribution in [2.45, 2.75) is 20.1 Å². The molecule has 0 saturated carbocycles. The summed E-state index contributed by atoms with van der Waals surface area (Å²) in [7, 11) is 0. The van der Waals surface area contributed by atoms with E-state index in [1.807, 2.05) is 18.2 Å². The predicted octanol–water partition coefficient (Wildman–Crippen LogP) is 4.96.